The fraction of sp³-hybridized carbons (Fsp3) is 0.609. The van der Waals surface area contributed by atoms with Crippen molar-refractivity contribution < 1.29 is 9.53 Å². The van der Waals surface area contributed by atoms with Crippen molar-refractivity contribution >= 4 is 17.0 Å². The first kappa shape index (κ1) is 20.8. The predicted octanol–water partition coefficient (Wildman–Crippen LogP) is 3.30. The highest BCUT2D eigenvalue weighted by molar-refractivity contribution is 5.78. The number of piperazine rings is 1. The van der Waals surface area contributed by atoms with Crippen LogP contribution in [0.3, 0.4) is 0 Å². The molecule has 0 atom stereocenters. The van der Waals surface area contributed by atoms with Crippen LogP contribution in [-0.2, 0) is 18.3 Å². The highest BCUT2D eigenvalue weighted by Crippen LogP contribution is 2.39. The van der Waals surface area contributed by atoms with Gasteiger partial charge in [0.15, 0.2) is 5.43 Å². The van der Waals surface area contributed by atoms with E-state index in [1.54, 1.807) is 12.4 Å². The van der Waals surface area contributed by atoms with Gasteiger partial charge in [0.2, 0.25) is 0 Å². The molecule has 2 aliphatic rings. The van der Waals surface area contributed by atoms with Crippen molar-refractivity contribution in [3.63, 3.8) is 0 Å². The van der Waals surface area contributed by atoms with Crippen molar-refractivity contribution in [1.29, 1.82) is 0 Å². The van der Waals surface area contributed by atoms with Gasteiger partial charge in [-0.25, -0.2) is 4.79 Å². The van der Waals surface area contributed by atoms with Gasteiger partial charge in [0.25, 0.3) is 0 Å². The van der Waals surface area contributed by atoms with Crippen molar-refractivity contribution in [2.24, 2.45) is 7.05 Å². The summed E-state index contributed by atoms with van der Waals surface area (Å²) in [6.45, 7) is 8.32. The summed E-state index contributed by atoms with van der Waals surface area (Å²) in [4.78, 5) is 34.2. The molecular formula is C23H32N4O3. The number of aryl methyl sites for hydroxylation is 1. The monoisotopic (exact) mass is 412 g/mol. The molecule has 1 saturated carbocycles. The Morgan fingerprint density at radius 1 is 1.23 bits per heavy atom. The quantitative estimate of drug-likeness (QED) is 0.757. The number of pyridine rings is 2. The van der Waals surface area contributed by atoms with E-state index in [1.807, 2.05) is 49.5 Å². The predicted molar refractivity (Wildman–Crippen MR) is 116 cm³/mol. The number of carbonyl (C=O) groups is 1. The van der Waals surface area contributed by atoms with Crippen LogP contribution in [0.15, 0.2) is 29.5 Å². The largest absolute Gasteiger partial charge is 0.444 e. The molecule has 2 fully saturated rings. The van der Waals surface area contributed by atoms with E-state index in [0.717, 1.165) is 43.3 Å². The summed E-state index contributed by atoms with van der Waals surface area (Å²) >= 11 is 0. The first-order valence-electron chi connectivity index (χ1n) is 10.8. The zero-order chi connectivity index (χ0) is 21.5. The molecule has 3 heterocycles. The molecule has 1 saturated heterocycles. The Labute approximate surface area is 177 Å². The van der Waals surface area contributed by atoms with Crippen LogP contribution in [0.25, 0.3) is 10.9 Å². The van der Waals surface area contributed by atoms with Crippen LogP contribution in [-0.4, -0.2) is 56.2 Å². The van der Waals surface area contributed by atoms with Crippen molar-refractivity contribution in [2.45, 2.75) is 64.1 Å². The molecule has 7 nitrogen and oxygen atoms in total. The molecule has 0 radical (unpaired) electrons. The molecule has 0 bridgehead atoms. The summed E-state index contributed by atoms with van der Waals surface area (Å²) in [5, 5.41) is 0.658. The van der Waals surface area contributed by atoms with E-state index in [9.17, 15) is 9.59 Å². The van der Waals surface area contributed by atoms with Crippen molar-refractivity contribution in [3.05, 3.63) is 40.4 Å². The lowest BCUT2D eigenvalue weighted by molar-refractivity contribution is -0.0279. The Morgan fingerprint density at radius 3 is 2.67 bits per heavy atom. The number of amides is 1. The van der Waals surface area contributed by atoms with Crippen LogP contribution in [0.2, 0.25) is 0 Å². The molecule has 1 aliphatic carbocycles. The molecule has 162 valence electrons. The zero-order valence-electron chi connectivity index (χ0n) is 18.5. The summed E-state index contributed by atoms with van der Waals surface area (Å²) in [6.07, 6.45) is 9.48. The second-order valence-electron chi connectivity index (χ2n) is 9.74. The fourth-order valence-corrected chi connectivity index (χ4v) is 4.97. The summed E-state index contributed by atoms with van der Waals surface area (Å²) in [6, 6.07) is 1.87. The summed E-state index contributed by atoms with van der Waals surface area (Å²) < 4.78 is 7.63. The third-order valence-corrected chi connectivity index (χ3v) is 6.41. The van der Waals surface area contributed by atoms with Gasteiger partial charge in [0.1, 0.15) is 5.60 Å². The van der Waals surface area contributed by atoms with Gasteiger partial charge in [-0.3, -0.25) is 14.7 Å². The van der Waals surface area contributed by atoms with Crippen molar-refractivity contribution in [2.75, 3.05) is 19.6 Å². The molecular weight excluding hydrogens is 380 g/mol. The Kier molecular flexibility index (Phi) is 5.34. The highest BCUT2D eigenvalue weighted by Gasteiger charge is 2.45. The number of nitrogens with zero attached hydrogens (tertiary/aromatic N) is 4. The maximum Gasteiger partial charge on any atom is 0.410 e. The number of ether oxygens (including phenoxy) is 1. The van der Waals surface area contributed by atoms with Crippen molar-refractivity contribution in [3.8, 4) is 0 Å². The molecule has 1 aliphatic heterocycles. The van der Waals surface area contributed by atoms with E-state index < -0.39 is 5.60 Å². The second kappa shape index (κ2) is 7.69. The lowest BCUT2D eigenvalue weighted by Crippen LogP contribution is -2.62. The Balaban J connectivity index is 1.60. The maximum atomic E-state index is 13.1. The van der Waals surface area contributed by atoms with Crippen LogP contribution in [0.4, 0.5) is 4.79 Å². The normalized spacial score (nSPS) is 19.5. The van der Waals surface area contributed by atoms with E-state index >= 15 is 0 Å². The standard InChI is InChI=1S/C23H32N4O3/c1-22(2,3)30-21(29)26-11-12-27(23(16-26)8-5-6-9-23)15-17-14-25(4)19-7-10-24-13-18(19)20(17)28/h7,10,13-14H,5-6,8-9,11-12,15-16H2,1-4H3. The van der Waals surface area contributed by atoms with Gasteiger partial charge in [0.05, 0.1) is 10.9 Å². The summed E-state index contributed by atoms with van der Waals surface area (Å²) in [5.41, 5.74) is 1.16. The topological polar surface area (TPSA) is 67.7 Å². The lowest BCUT2D eigenvalue weighted by Gasteiger charge is -2.49. The van der Waals surface area contributed by atoms with Crippen LogP contribution >= 0.6 is 0 Å². The zero-order valence-corrected chi connectivity index (χ0v) is 18.5. The number of aromatic nitrogens is 2. The molecule has 1 spiro atoms. The molecule has 30 heavy (non-hydrogen) atoms. The van der Waals surface area contributed by atoms with E-state index in [2.05, 4.69) is 9.88 Å². The van der Waals surface area contributed by atoms with Gasteiger partial charge in [-0.2, -0.15) is 0 Å². The highest BCUT2D eigenvalue weighted by atomic mass is 16.6. The smallest absolute Gasteiger partial charge is 0.410 e. The Bertz CT molecular complexity index is 1000. The third-order valence-electron chi connectivity index (χ3n) is 6.41. The average molecular weight is 413 g/mol. The minimum Gasteiger partial charge on any atom is -0.444 e. The van der Waals surface area contributed by atoms with E-state index in [-0.39, 0.29) is 17.1 Å². The first-order chi connectivity index (χ1) is 14.2. The van der Waals surface area contributed by atoms with Gasteiger partial charge in [0, 0.05) is 62.9 Å². The minimum atomic E-state index is -0.498. The Morgan fingerprint density at radius 2 is 1.97 bits per heavy atom. The lowest BCUT2D eigenvalue weighted by atomic mass is 9.91. The van der Waals surface area contributed by atoms with Crippen LogP contribution in [0.5, 0.6) is 0 Å². The maximum absolute atomic E-state index is 13.1. The molecule has 0 N–H and O–H groups in total. The van der Waals surface area contributed by atoms with E-state index in [4.69, 9.17) is 4.74 Å². The number of hydrogen-bond acceptors (Lipinski definition) is 5. The van der Waals surface area contributed by atoms with Gasteiger partial charge in [-0.15, -0.1) is 0 Å². The Hall–Kier alpha value is -2.41. The minimum absolute atomic E-state index is 0.0546. The number of fused-ring (bicyclic) bond motifs is 1. The van der Waals surface area contributed by atoms with Crippen LogP contribution in [0, 0.1) is 0 Å². The SMILES string of the molecule is Cn1cc(CN2CCN(C(=O)OC(C)(C)C)CC23CCCC3)c(=O)c2cnccc21. The first-order valence-corrected chi connectivity index (χ1v) is 10.8. The molecule has 1 amide bonds. The molecule has 2 aromatic rings. The van der Waals surface area contributed by atoms with Gasteiger partial charge >= 0.3 is 6.09 Å². The van der Waals surface area contributed by atoms with E-state index in [1.165, 1.54) is 0 Å². The number of rotatable bonds is 2. The van der Waals surface area contributed by atoms with E-state index in [0.29, 0.717) is 25.0 Å². The van der Waals surface area contributed by atoms with Gasteiger partial charge in [-0.1, -0.05) is 12.8 Å². The van der Waals surface area contributed by atoms with Crippen molar-refractivity contribution in [1.82, 2.24) is 19.4 Å². The number of carbonyl (C=O) groups excluding carboxylic acids is 1. The van der Waals surface area contributed by atoms with Crippen LogP contribution < -0.4 is 5.43 Å². The van der Waals surface area contributed by atoms with Gasteiger partial charge in [-0.05, 0) is 39.7 Å². The second-order valence-corrected chi connectivity index (χ2v) is 9.74. The summed E-state index contributed by atoms with van der Waals surface area (Å²) in [7, 11) is 1.97. The van der Waals surface area contributed by atoms with Crippen LogP contribution in [0.1, 0.15) is 52.0 Å². The average Bonchev–Trinajstić information content (AvgIpc) is 3.15. The number of hydrogen-bond donors (Lipinski definition) is 0. The third kappa shape index (κ3) is 3.95. The fourth-order valence-electron chi connectivity index (χ4n) is 4.97. The molecule has 2 aromatic heterocycles. The van der Waals surface area contributed by atoms with Gasteiger partial charge < -0.3 is 14.2 Å². The molecule has 0 aromatic carbocycles. The molecule has 7 heteroatoms. The molecule has 4 rings (SSSR count). The molecule has 0 unspecified atom stereocenters. The summed E-state index contributed by atoms with van der Waals surface area (Å²) in [5.74, 6) is 0.